The van der Waals surface area contributed by atoms with Crippen LogP contribution in [0.4, 0.5) is 0 Å². The van der Waals surface area contributed by atoms with Gasteiger partial charge in [0.2, 0.25) is 5.91 Å². The number of benzene rings is 3. The predicted molar refractivity (Wildman–Crippen MR) is 164 cm³/mol. The highest BCUT2D eigenvalue weighted by atomic mass is 16.5. The molecular formula is C34H39N3O5. The van der Waals surface area contributed by atoms with Crippen molar-refractivity contribution in [1.29, 1.82) is 0 Å². The minimum absolute atomic E-state index is 0.0241. The molecule has 1 fully saturated rings. The van der Waals surface area contributed by atoms with Crippen molar-refractivity contribution in [3.05, 3.63) is 88.5 Å². The molecule has 42 heavy (non-hydrogen) atoms. The summed E-state index contributed by atoms with van der Waals surface area (Å²) < 4.78 is 18.2. The second-order valence-electron chi connectivity index (χ2n) is 10.7. The molecule has 8 nitrogen and oxygen atoms in total. The van der Waals surface area contributed by atoms with Gasteiger partial charge in [-0.1, -0.05) is 31.0 Å². The van der Waals surface area contributed by atoms with Crippen molar-refractivity contribution < 1.29 is 19.0 Å². The molecule has 8 heteroatoms. The normalized spacial score (nSPS) is 14.1. The van der Waals surface area contributed by atoms with E-state index in [0.29, 0.717) is 53.5 Å². The summed E-state index contributed by atoms with van der Waals surface area (Å²) in [4.78, 5) is 35.0. The van der Waals surface area contributed by atoms with Gasteiger partial charge in [0.05, 0.1) is 43.5 Å². The van der Waals surface area contributed by atoms with E-state index in [0.717, 1.165) is 37.0 Å². The van der Waals surface area contributed by atoms with Crippen molar-refractivity contribution >= 4 is 16.8 Å². The topological polar surface area (TPSA) is 82.9 Å². The Morgan fingerprint density at radius 1 is 1.00 bits per heavy atom. The molecule has 220 valence electrons. The highest BCUT2D eigenvalue weighted by Gasteiger charge is 2.32. The lowest BCUT2D eigenvalue weighted by Gasteiger charge is -2.32. The van der Waals surface area contributed by atoms with Crippen LogP contribution in [0.25, 0.3) is 16.6 Å². The Hall–Kier alpha value is -4.33. The fraction of sp³-hybridized carbons (Fsp3) is 0.382. The van der Waals surface area contributed by atoms with Gasteiger partial charge < -0.3 is 19.1 Å². The third-order valence-electron chi connectivity index (χ3n) is 8.13. The fourth-order valence-electron chi connectivity index (χ4n) is 5.86. The summed E-state index contributed by atoms with van der Waals surface area (Å²) in [7, 11) is 3.23. The lowest BCUT2D eigenvalue weighted by atomic mass is 10.0. The maximum Gasteiger partial charge on any atom is 0.266 e. The van der Waals surface area contributed by atoms with Crippen molar-refractivity contribution in [3.63, 3.8) is 0 Å². The second kappa shape index (κ2) is 13.1. The van der Waals surface area contributed by atoms with Gasteiger partial charge in [0.15, 0.2) is 11.5 Å². The zero-order valence-corrected chi connectivity index (χ0v) is 24.8. The van der Waals surface area contributed by atoms with Crippen molar-refractivity contribution in [1.82, 2.24) is 14.5 Å². The van der Waals surface area contributed by atoms with Crippen LogP contribution in [0.15, 0.2) is 71.5 Å². The Morgan fingerprint density at radius 3 is 2.40 bits per heavy atom. The van der Waals surface area contributed by atoms with E-state index in [4.69, 9.17) is 19.2 Å². The first-order valence-electron chi connectivity index (χ1n) is 14.7. The van der Waals surface area contributed by atoms with Gasteiger partial charge in [-0.2, -0.15) is 0 Å². The number of aromatic nitrogens is 2. The zero-order valence-electron chi connectivity index (χ0n) is 24.8. The number of carbonyl (C=O) groups excluding carboxylic acids is 1. The summed E-state index contributed by atoms with van der Waals surface area (Å²) in [6.45, 7) is 4.93. The van der Waals surface area contributed by atoms with Crippen LogP contribution < -0.4 is 19.8 Å². The first-order valence-corrected chi connectivity index (χ1v) is 14.7. The fourth-order valence-corrected chi connectivity index (χ4v) is 5.86. The standard InChI is InChI=1S/C34H39N3O5/c1-5-42-27-17-15-26(16-18-27)37-32(35-29-13-9-8-12-28(29)34(37)39)23(2)36(33(38)25-10-6-7-11-25)21-20-24-14-19-30(40-3)31(22-24)41-4/h8-9,12-19,22-23,25H,5-7,10-11,20-21H2,1-4H3. The van der Waals surface area contributed by atoms with Gasteiger partial charge in [0, 0.05) is 12.5 Å². The zero-order chi connectivity index (χ0) is 29.6. The Labute approximate surface area is 246 Å². The smallest absolute Gasteiger partial charge is 0.266 e. The van der Waals surface area contributed by atoms with Crippen LogP contribution in [0.3, 0.4) is 0 Å². The number of nitrogens with zero attached hydrogens (tertiary/aromatic N) is 3. The van der Waals surface area contributed by atoms with Gasteiger partial charge in [-0.25, -0.2) is 4.98 Å². The first-order chi connectivity index (χ1) is 20.4. The number of fused-ring (bicyclic) bond motifs is 1. The molecule has 0 saturated heterocycles. The molecule has 4 aromatic rings. The number of amides is 1. The Morgan fingerprint density at radius 2 is 1.71 bits per heavy atom. The molecule has 0 radical (unpaired) electrons. The molecule has 0 N–H and O–H groups in total. The third-order valence-corrected chi connectivity index (χ3v) is 8.13. The molecule has 1 saturated carbocycles. The number of rotatable bonds is 11. The highest BCUT2D eigenvalue weighted by molar-refractivity contribution is 5.80. The lowest BCUT2D eigenvalue weighted by Crippen LogP contribution is -2.41. The maximum atomic E-state index is 14.1. The van der Waals surface area contributed by atoms with Crippen LogP contribution in [-0.2, 0) is 11.2 Å². The van der Waals surface area contributed by atoms with Gasteiger partial charge in [-0.05, 0) is 87.2 Å². The van der Waals surface area contributed by atoms with E-state index in [1.54, 1.807) is 24.9 Å². The van der Waals surface area contributed by atoms with Gasteiger partial charge in [0.1, 0.15) is 11.6 Å². The molecule has 5 rings (SSSR count). The minimum Gasteiger partial charge on any atom is -0.494 e. The molecule has 1 atom stereocenters. The van der Waals surface area contributed by atoms with Gasteiger partial charge in [0.25, 0.3) is 5.56 Å². The van der Waals surface area contributed by atoms with Crippen molar-refractivity contribution in [2.45, 2.75) is 52.0 Å². The number of ether oxygens (including phenoxy) is 3. The molecule has 1 unspecified atom stereocenters. The summed E-state index contributed by atoms with van der Waals surface area (Å²) in [5, 5.41) is 0.529. The Bertz CT molecular complexity index is 1590. The van der Waals surface area contributed by atoms with E-state index >= 15 is 0 Å². The van der Waals surface area contributed by atoms with E-state index in [2.05, 4.69) is 0 Å². The monoisotopic (exact) mass is 569 g/mol. The average molecular weight is 570 g/mol. The van der Waals surface area contributed by atoms with Gasteiger partial charge in [-0.3, -0.25) is 14.2 Å². The lowest BCUT2D eigenvalue weighted by molar-refractivity contribution is -0.137. The van der Waals surface area contributed by atoms with Crippen LogP contribution >= 0.6 is 0 Å². The van der Waals surface area contributed by atoms with Crippen LogP contribution in [-0.4, -0.2) is 47.7 Å². The molecule has 1 heterocycles. The molecule has 1 aromatic heterocycles. The molecule has 1 amide bonds. The van der Waals surface area contributed by atoms with E-state index in [1.165, 1.54) is 0 Å². The average Bonchev–Trinajstić information content (AvgIpc) is 3.57. The van der Waals surface area contributed by atoms with Crippen LogP contribution in [0, 0.1) is 5.92 Å². The van der Waals surface area contributed by atoms with E-state index in [-0.39, 0.29) is 17.4 Å². The summed E-state index contributed by atoms with van der Waals surface area (Å²) in [6, 6.07) is 20.2. The number of carbonyl (C=O) groups is 1. The molecule has 0 aliphatic heterocycles. The summed E-state index contributed by atoms with van der Waals surface area (Å²) in [5.41, 5.74) is 2.15. The Kier molecular flexibility index (Phi) is 9.10. The number of para-hydroxylation sites is 1. The first kappa shape index (κ1) is 29.2. The van der Waals surface area contributed by atoms with Crippen LogP contribution in [0.1, 0.15) is 57.0 Å². The molecular weight excluding hydrogens is 530 g/mol. The number of methoxy groups -OCH3 is 2. The van der Waals surface area contributed by atoms with Crippen molar-refractivity contribution in [3.8, 4) is 22.9 Å². The van der Waals surface area contributed by atoms with Gasteiger partial charge in [-0.15, -0.1) is 0 Å². The van der Waals surface area contributed by atoms with Crippen LogP contribution in [0.5, 0.6) is 17.2 Å². The predicted octanol–water partition coefficient (Wildman–Crippen LogP) is 6.12. The highest BCUT2D eigenvalue weighted by Crippen LogP contribution is 2.32. The summed E-state index contributed by atoms with van der Waals surface area (Å²) >= 11 is 0. The second-order valence-corrected chi connectivity index (χ2v) is 10.7. The quantitative estimate of drug-likeness (QED) is 0.216. The van der Waals surface area contributed by atoms with Crippen molar-refractivity contribution in [2.75, 3.05) is 27.4 Å². The maximum absolute atomic E-state index is 14.1. The molecule has 1 aliphatic carbocycles. The largest absolute Gasteiger partial charge is 0.494 e. The number of hydrogen-bond acceptors (Lipinski definition) is 6. The summed E-state index contributed by atoms with van der Waals surface area (Å²) in [6.07, 6.45) is 4.49. The Balaban J connectivity index is 1.57. The molecule has 0 bridgehead atoms. The molecule has 1 aliphatic rings. The van der Waals surface area contributed by atoms with Gasteiger partial charge >= 0.3 is 0 Å². The molecule has 3 aromatic carbocycles. The SMILES string of the molecule is CCOc1ccc(-n2c(C(C)N(CCc3ccc(OC)c(OC)c3)C(=O)C3CCCC3)nc3ccccc3c2=O)cc1. The third kappa shape index (κ3) is 5.98. The van der Waals surface area contributed by atoms with E-state index < -0.39 is 6.04 Å². The minimum atomic E-state index is -0.456. The van der Waals surface area contributed by atoms with E-state index in [1.807, 2.05) is 79.4 Å². The summed E-state index contributed by atoms with van der Waals surface area (Å²) in [5.74, 6) is 2.66. The van der Waals surface area contributed by atoms with Crippen molar-refractivity contribution in [2.24, 2.45) is 5.92 Å². The van der Waals surface area contributed by atoms with E-state index in [9.17, 15) is 9.59 Å². The van der Waals surface area contributed by atoms with Crippen LogP contribution in [0.2, 0.25) is 0 Å². The number of hydrogen-bond donors (Lipinski definition) is 0. The molecule has 0 spiro atoms.